The lowest BCUT2D eigenvalue weighted by Crippen LogP contribution is -2.49. The molecule has 2 saturated heterocycles. The van der Waals surface area contributed by atoms with Crippen LogP contribution >= 0.6 is 0 Å². The molecular weight excluding hydrogens is 409 g/mol. The van der Waals surface area contributed by atoms with Crippen molar-refractivity contribution in [2.75, 3.05) is 69.2 Å². The molecule has 1 aromatic carbocycles. The Morgan fingerprint density at radius 3 is 2.00 bits per heavy atom. The van der Waals surface area contributed by atoms with Gasteiger partial charge in [-0.05, 0) is 19.2 Å². The minimum Gasteiger partial charge on any atom is -0.354 e. The van der Waals surface area contributed by atoms with Crippen molar-refractivity contribution in [3.8, 4) is 0 Å². The molecule has 10 heteroatoms. The summed E-state index contributed by atoms with van der Waals surface area (Å²) in [6.45, 7) is 5.40. The third-order valence-corrected chi connectivity index (χ3v) is 5.82. The number of halogens is 3. The van der Waals surface area contributed by atoms with Crippen molar-refractivity contribution in [2.45, 2.75) is 6.18 Å². The standard InChI is InChI=1S/C21H25F3N6O/c1-27-6-8-28(9-7-27)18-14-19(26-15-25-18)29-10-12-30(13-11-29)20(31)16-4-2-3-5-17(16)21(22,23)24/h2-5,14-15H,6-13H2,1H3. The highest BCUT2D eigenvalue weighted by Crippen LogP contribution is 2.32. The zero-order valence-corrected chi connectivity index (χ0v) is 17.3. The molecule has 2 aliphatic heterocycles. The lowest BCUT2D eigenvalue weighted by Gasteiger charge is -2.36. The molecule has 0 saturated carbocycles. The van der Waals surface area contributed by atoms with Gasteiger partial charge in [0.05, 0.1) is 11.1 Å². The molecule has 2 aliphatic rings. The number of nitrogens with zero attached hydrogens (tertiary/aromatic N) is 6. The van der Waals surface area contributed by atoms with Gasteiger partial charge in [0.1, 0.15) is 18.0 Å². The Morgan fingerprint density at radius 2 is 1.42 bits per heavy atom. The molecule has 3 heterocycles. The van der Waals surface area contributed by atoms with Crippen molar-refractivity contribution in [2.24, 2.45) is 0 Å². The molecule has 0 unspecified atom stereocenters. The number of likely N-dealkylation sites (N-methyl/N-ethyl adjacent to an activating group) is 1. The van der Waals surface area contributed by atoms with Crippen LogP contribution in [0.3, 0.4) is 0 Å². The Bertz CT molecular complexity index is 921. The van der Waals surface area contributed by atoms with Crippen molar-refractivity contribution in [3.63, 3.8) is 0 Å². The van der Waals surface area contributed by atoms with Gasteiger partial charge in [-0.15, -0.1) is 0 Å². The van der Waals surface area contributed by atoms with Gasteiger partial charge in [0.25, 0.3) is 5.91 Å². The minimum absolute atomic E-state index is 0.303. The van der Waals surface area contributed by atoms with Crippen molar-refractivity contribution in [1.82, 2.24) is 19.8 Å². The van der Waals surface area contributed by atoms with E-state index in [4.69, 9.17) is 0 Å². The third kappa shape index (κ3) is 4.73. The Kier molecular flexibility index (Phi) is 5.99. The number of aromatic nitrogens is 2. The van der Waals surface area contributed by atoms with Crippen molar-refractivity contribution >= 4 is 17.5 Å². The highest BCUT2D eigenvalue weighted by molar-refractivity contribution is 5.96. The summed E-state index contributed by atoms with van der Waals surface area (Å²) in [6.07, 6.45) is -3.02. The van der Waals surface area contributed by atoms with Gasteiger partial charge in [-0.2, -0.15) is 13.2 Å². The summed E-state index contributed by atoms with van der Waals surface area (Å²) in [6, 6.07) is 6.89. The van der Waals surface area contributed by atoms with E-state index in [9.17, 15) is 18.0 Å². The summed E-state index contributed by atoms with van der Waals surface area (Å²) in [5.74, 6) is 1.05. The van der Waals surface area contributed by atoms with E-state index in [1.807, 2.05) is 11.0 Å². The number of piperazine rings is 2. The highest BCUT2D eigenvalue weighted by Gasteiger charge is 2.36. The van der Waals surface area contributed by atoms with Gasteiger partial charge < -0.3 is 19.6 Å². The van der Waals surface area contributed by atoms with Gasteiger partial charge in [0.15, 0.2) is 0 Å². The Morgan fingerprint density at radius 1 is 0.871 bits per heavy atom. The summed E-state index contributed by atoms with van der Waals surface area (Å²) in [5.41, 5.74) is -1.20. The van der Waals surface area contributed by atoms with E-state index in [2.05, 4.69) is 26.8 Å². The maximum Gasteiger partial charge on any atom is 0.417 e. The average molecular weight is 434 g/mol. The van der Waals surface area contributed by atoms with E-state index in [0.29, 0.717) is 26.2 Å². The summed E-state index contributed by atoms with van der Waals surface area (Å²) in [5, 5.41) is 0. The second-order valence-electron chi connectivity index (χ2n) is 7.85. The van der Waals surface area contributed by atoms with Crippen molar-refractivity contribution in [3.05, 3.63) is 47.8 Å². The van der Waals surface area contributed by atoms with E-state index in [-0.39, 0.29) is 5.56 Å². The van der Waals surface area contributed by atoms with Gasteiger partial charge in [0.2, 0.25) is 0 Å². The van der Waals surface area contributed by atoms with Gasteiger partial charge in [-0.25, -0.2) is 9.97 Å². The molecule has 0 atom stereocenters. The van der Waals surface area contributed by atoms with Crippen LogP contribution in [0.5, 0.6) is 0 Å². The largest absolute Gasteiger partial charge is 0.417 e. The molecule has 2 fully saturated rings. The van der Waals surface area contributed by atoms with E-state index in [1.165, 1.54) is 23.1 Å². The van der Waals surface area contributed by atoms with Crippen LogP contribution in [0.2, 0.25) is 0 Å². The molecule has 1 aromatic heterocycles. The number of benzene rings is 1. The zero-order valence-electron chi connectivity index (χ0n) is 17.3. The number of carbonyl (C=O) groups excluding carboxylic acids is 1. The first-order valence-corrected chi connectivity index (χ1v) is 10.3. The van der Waals surface area contributed by atoms with Crippen LogP contribution in [0.25, 0.3) is 0 Å². The van der Waals surface area contributed by atoms with Crippen LogP contribution in [0.4, 0.5) is 24.8 Å². The SMILES string of the molecule is CN1CCN(c2cc(N3CCN(C(=O)c4ccccc4C(F)(F)F)CC3)ncn2)CC1. The number of amides is 1. The van der Waals surface area contributed by atoms with E-state index in [1.54, 1.807) is 6.33 Å². The predicted molar refractivity (Wildman–Crippen MR) is 111 cm³/mol. The number of hydrogen-bond acceptors (Lipinski definition) is 6. The molecule has 0 spiro atoms. The normalized spacial score (nSPS) is 18.4. The van der Waals surface area contributed by atoms with Gasteiger partial charge >= 0.3 is 6.18 Å². The number of hydrogen-bond donors (Lipinski definition) is 0. The maximum absolute atomic E-state index is 13.3. The van der Waals surface area contributed by atoms with E-state index >= 15 is 0 Å². The summed E-state index contributed by atoms with van der Waals surface area (Å²) in [4.78, 5) is 29.5. The fourth-order valence-electron chi connectivity index (χ4n) is 3.94. The molecule has 4 rings (SSSR count). The molecule has 7 nitrogen and oxygen atoms in total. The first-order valence-electron chi connectivity index (χ1n) is 10.3. The summed E-state index contributed by atoms with van der Waals surface area (Å²) >= 11 is 0. The predicted octanol–water partition coefficient (Wildman–Crippen LogP) is 2.21. The average Bonchev–Trinajstić information content (AvgIpc) is 2.79. The van der Waals surface area contributed by atoms with Crippen molar-refractivity contribution < 1.29 is 18.0 Å². The van der Waals surface area contributed by atoms with Crippen molar-refractivity contribution in [1.29, 1.82) is 0 Å². The quantitative estimate of drug-likeness (QED) is 0.739. The molecule has 166 valence electrons. The van der Waals surface area contributed by atoms with Gasteiger partial charge in [0, 0.05) is 58.4 Å². The van der Waals surface area contributed by atoms with Crippen LogP contribution in [0.15, 0.2) is 36.7 Å². The summed E-state index contributed by atoms with van der Waals surface area (Å²) in [7, 11) is 2.09. The molecule has 0 aliphatic carbocycles. The first-order chi connectivity index (χ1) is 14.8. The molecule has 0 radical (unpaired) electrons. The van der Waals surface area contributed by atoms with E-state index in [0.717, 1.165) is 43.9 Å². The van der Waals surface area contributed by atoms with Gasteiger partial charge in [-0.1, -0.05) is 12.1 Å². The maximum atomic E-state index is 13.3. The van der Waals surface area contributed by atoms with Crippen LogP contribution in [-0.4, -0.2) is 85.1 Å². The topological polar surface area (TPSA) is 55.8 Å². The van der Waals surface area contributed by atoms with E-state index < -0.39 is 17.6 Å². The molecule has 0 bridgehead atoms. The first kappa shape index (κ1) is 21.4. The van der Waals surface area contributed by atoms with Crippen LogP contribution in [0.1, 0.15) is 15.9 Å². The lowest BCUT2D eigenvalue weighted by atomic mass is 10.1. The Hall–Kier alpha value is -2.88. The Labute approximate surface area is 179 Å². The number of anilines is 2. The molecule has 1 amide bonds. The molecule has 31 heavy (non-hydrogen) atoms. The molecular formula is C21H25F3N6O. The van der Waals surface area contributed by atoms with Crippen LogP contribution in [0, 0.1) is 0 Å². The number of alkyl halides is 3. The van der Waals surface area contributed by atoms with Gasteiger partial charge in [-0.3, -0.25) is 4.79 Å². The number of carbonyl (C=O) groups is 1. The second-order valence-corrected chi connectivity index (χ2v) is 7.85. The second kappa shape index (κ2) is 8.70. The smallest absolute Gasteiger partial charge is 0.354 e. The van der Waals surface area contributed by atoms with Crippen LogP contribution < -0.4 is 9.80 Å². The molecule has 0 N–H and O–H groups in total. The lowest BCUT2D eigenvalue weighted by molar-refractivity contribution is -0.138. The zero-order chi connectivity index (χ0) is 22.0. The number of rotatable bonds is 3. The Balaban J connectivity index is 1.42. The fourth-order valence-corrected chi connectivity index (χ4v) is 3.94. The highest BCUT2D eigenvalue weighted by atomic mass is 19.4. The molecule has 2 aromatic rings. The monoisotopic (exact) mass is 434 g/mol. The fraction of sp³-hybridized carbons (Fsp3) is 0.476. The third-order valence-electron chi connectivity index (χ3n) is 5.82. The summed E-state index contributed by atoms with van der Waals surface area (Å²) < 4.78 is 39.8. The van der Waals surface area contributed by atoms with Crippen LogP contribution in [-0.2, 0) is 6.18 Å². The minimum atomic E-state index is -4.56.